The Balaban J connectivity index is 1.43. The largest absolute Gasteiger partial charge is 0.481 e. The number of aromatic nitrogens is 1. The molecule has 1 aliphatic carbocycles. The number of pyridine rings is 1. The Morgan fingerprint density at radius 3 is 2.29 bits per heavy atom. The molecule has 3 aromatic rings. The van der Waals surface area contributed by atoms with Crippen LogP contribution >= 0.6 is 0 Å². The lowest BCUT2D eigenvalue weighted by molar-refractivity contribution is -0.137. The third-order valence-corrected chi connectivity index (χ3v) is 5.76. The molecule has 2 amide bonds. The van der Waals surface area contributed by atoms with Crippen LogP contribution in [0.2, 0.25) is 0 Å². The van der Waals surface area contributed by atoms with Gasteiger partial charge in [0, 0.05) is 29.9 Å². The zero-order chi connectivity index (χ0) is 24.1. The summed E-state index contributed by atoms with van der Waals surface area (Å²) < 4.78 is 5.51. The number of anilines is 1. The van der Waals surface area contributed by atoms with Crippen LogP contribution in [-0.2, 0) is 14.3 Å². The van der Waals surface area contributed by atoms with E-state index in [0.29, 0.717) is 11.4 Å². The van der Waals surface area contributed by atoms with E-state index in [1.807, 2.05) is 48.5 Å². The van der Waals surface area contributed by atoms with Crippen molar-refractivity contribution >= 4 is 23.7 Å². The van der Waals surface area contributed by atoms with Gasteiger partial charge in [-0.3, -0.25) is 14.6 Å². The smallest absolute Gasteiger partial charge is 0.407 e. The minimum absolute atomic E-state index is 0.0740. The number of carbonyl (C=O) groups is 3. The fourth-order valence-corrected chi connectivity index (χ4v) is 4.17. The summed E-state index contributed by atoms with van der Waals surface area (Å²) >= 11 is 0. The lowest BCUT2D eigenvalue weighted by Crippen LogP contribution is -2.44. The van der Waals surface area contributed by atoms with E-state index in [2.05, 4.69) is 15.6 Å². The molecule has 3 N–H and O–H groups in total. The Bertz CT molecular complexity index is 1180. The van der Waals surface area contributed by atoms with E-state index in [4.69, 9.17) is 9.84 Å². The van der Waals surface area contributed by atoms with Crippen molar-refractivity contribution in [3.63, 3.8) is 0 Å². The molecule has 1 aromatic heterocycles. The Labute approximate surface area is 197 Å². The number of fused-ring (bicyclic) bond motifs is 3. The number of nitrogens with zero attached hydrogens (tertiary/aromatic N) is 1. The fourth-order valence-electron chi connectivity index (χ4n) is 4.17. The van der Waals surface area contributed by atoms with Gasteiger partial charge >= 0.3 is 12.1 Å². The first kappa shape index (κ1) is 23.0. The van der Waals surface area contributed by atoms with Gasteiger partial charge in [0.25, 0.3) is 0 Å². The molecule has 2 aromatic carbocycles. The fraction of sp³-hybridized carbons (Fsp3) is 0.231. The van der Waals surface area contributed by atoms with Crippen LogP contribution in [0.3, 0.4) is 0 Å². The monoisotopic (exact) mass is 459 g/mol. The Morgan fingerprint density at radius 1 is 1.03 bits per heavy atom. The van der Waals surface area contributed by atoms with E-state index < -0.39 is 24.0 Å². The number of hydrogen-bond donors (Lipinski definition) is 3. The molecule has 1 unspecified atom stereocenters. The zero-order valence-corrected chi connectivity index (χ0v) is 18.7. The summed E-state index contributed by atoms with van der Waals surface area (Å²) in [7, 11) is 0. The van der Waals surface area contributed by atoms with Crippen LogP contribution in [-0.4, -0.2) is 40.7 Å². The molecule has 8 heteroatoms. The number of carbonyl (C=O) groups excluding carboxylic acids is 2. The van der Waals surface area contributed by atoms with Crippen molar-refractivity contribution in [1.82, 2.24) is 10.3 Å². The number of rotatable bonds is 8. The topological polar surface area (TPSA) is 118 Å². The first-order chi connectivity index (χ1) is 16.4. The van der Waals surface area contributed by atoms with Gasteiger partial charge in [-0.15, -0.1) is 0 Å². The van der Waals surface area contributed by atoms with Crippen molar-refractivity contribution in [1.29, 1.82) is 0 Å². The van der Waals surface area contributed by atoms with Gasteiger partial charge in [-0.1, -0.05) is 48.5 Å². The minimum Gasteiger partial charge on any atom is -0.481 e. The minimum atomic E-state index is -1.07. The van der Waals surface area contributed by atoms with E-state index in [9.17, 15) is 14.4 Å². The second-order valence-electron chi connectivity index (χ2n) is 8.13. The third-order valence-electron chi connectivity index (χ3n) is 5.76. The molecule has 0 bridgehead atoms. The first-order valence-corrected chi connectivity index (χ1v) is 11.0. The van der Waals surface area contributed by atoms with Crippen molar-refractivity contribution in [2.75, 3.05) is 11.9 Å². The normalized spacial score (nSPS) is 12.9. The molecule has 174 valence electrons. The molecule has 0 aliphatic heterocycles. The molecule has 34 heavy (non-hydrogen) atoms. The molecular weight excluding hydrogens is 434 g/mol. The second-order valence-corrected chi connectivity index (χ2v) is 8.13. The highest BCUT2D eigenvalue weighted by molar-refractivity contribution is 5.96. The van der Waals surface area contributed by atoms with E-state index in [1.165, 1.54) is 0 Å². The number of aryl methyl sites for hydroxylation is 1. The number of hydrogen-bond acceptors (Lipinski definition) is 5. The number of amides is 2. The van der Waals surface area contributed by atoms with Crippen LogP contribution in [0.15, 0.2) is 66.9 Å². The third kappa shape index (κ3) is 5.23. The second kappa shape index (κ2) is 10.2. The van der Waals surface area contributed by atoms with Crippen molar-refractivity contribution in [2.45, 2.75) is 31.7 Å². The van der Waals surface area contributed by atoms with Crippen molar-refractivity contribution in [3.05, 3.63) is 83.7 Å². The van der Waals surface area contributed by atoms with E-state index >= 15 is 0 Å². The number of nitrogens with one attached hydrogen (secondary N) is 2. The van der Waals surface area contributed by atoms with Crippen molar-refractivity contribution in [2.24, 2.45) is 0 Å². The van der Waals surface area contributed by atoms with Gasteiger partial charge in [-0.05, 0) is 47.7 Å². The highest BCUT2D eigenvalue weighted by atomic mass is 16.5. The van der Waals surface area contributed by atoms with E-state index in [-0.39, 0.29) is 25.4 Å². The molecule has 4 rings (SSSR count). The maximum atomic E-state index is 12.8. The molecule has 0 radical (unpaired) electrons. The summed E-state index contributed by atoms with van der Waals surface area (Å²) in [6.07, 6.45) is 0.418. The molecular formula is C26H25N3O5. The SMILES string of the molecule is Cc1cc(NC(=O)C(CCC(=O)O)NC(=O)OCC2c3ccccc3-c3ccccc32)ccn1. The highest BCUT2D eigenvalue weighted by Gasteiger charge is 2.30. The predicted octanol–water partition coefficient (Wildman–Crippen LogP) is 4.10. The van der Waals surface area contributed by atoms with Crippen molar-refractivity contribution in [3.8, 4) is 11.1 Å². The van der Waals surface area contributed by atoms with Gasteiger partial charge in [-0.2, -0.15) is 0 Å². The molecule has 1 aliphatic rings. The van der Waals surface area contributed by atoms with Gasteiger partial charge < -0.3 is 20.5 Å². The molecule has 8 nitrogen and oxygen atoms in total. The number of aliphatic carboxylic acids is 1. The average molecular weight is 460 g/mol. The molecule has 1 heterocycles. The van der Waals surface area contributed by atoms with Crippen LogP contribution in [0.4, 0.5) is 10.5 Å². The summed E-state index contributed by atoms with van der Waals surface area (Å²) in [5, 5.41) is 14.3. The summed E-state index contributed by atoms with van der Waals surface area (Å²) in [6, 6.07) is 18.2. The molecule has 0 spiro atoms. The van der Waals surface area contributed by atoms with Gasteiger partial charge in [0.2, 0.25) is 5.91 Å². The lowest BCUT2D eigenvalue weighted by atomic mass is 9.98. The molecule has 0 fully saturated rings. The first-order valence-electron chi connectivity index (χ1n) is 11.0. The Kier molecular flexibility index (Phi) is 6.87. The van der Waals surface area contributed by atoms with E-state index in [1.54, 1.807) is 25.3 Å². The van der Waals surface area contributed by atoms with Crippen LogP contribution < -0.4 is 10.6 Å². The van der Waals surface area contributed by atoms with Gasteiger partial charge in [-0.25, -0.2) is 4.79 Å². The summed E-state index contributed by atoms with van der Waals surface area (Å²) in [4.78, 5) is 40.5. The quantitative estimate of drug-likeness (QED) is 0.467. The number of alkyl carbamates (subject to hydrolysis) is 1. The van der Waals surface area contributed by atoms with Crippen molar-refractivity contribution < 1.29 is 24.2 Å². The van der Waals surface area contributed by atoms with Crippen LogP contribution in [0.25, 0.3) is 11.1 Å². The zero-order valence-electron chi connectivity index (χ0n) is 18.7. The number of benzene rings is 2. The van der Waals surface area contributed by atoms with Crippen LogP contribution in [0.5, 0.6) is 0 Å². The Hall–Kier alpha value is -4.20. The predicted molar refractivity (Wildman–Crippen MR) is 126 cm³/mol. The van der Waals surface area contributed by atoms with Crippen LogP contribution in [0.1, 0.15) is 35.6 Å². The van der Waals surface area contributed by atoms with E-state index in [0.717, 1.165) is 22.3 Å². The number of carboxylic acid groups (broad SMARTS) is 1. The summed E-state index contributed by atoms with van der Waals surface area (Å²) in [6.45, 7) is 1.88. The number of ether oxygens (including phenoxy) is 1. The van der Waals surface area contributed by atoms with Gasteiger partial charge in [0.1, 0.15) is 12.6 Å². The summed E-state index contributed by atoms with van der Waals surface area (Å²) in [5.41, 5.74) is 5.59. The highest BCUT2D eigenvalue weighted by Crippen LogP contribution is 2.44. The standard InChI is InChI=1S/C26H25N3O5/c1-16-14-17(12-13-27-16)28-25(32)23(10-11-24(30)31)29-26(33)34-15-22-20-8-4-2-6-18(20)19-7-3-5-9-21(19)22/h2-9,12-14,22-23H,10-11,15H2,1H3,(H,29,33)(H,30,31)(H,27,28,32). The van der Waals surface area contributed by atoms with Gasteiger partial charge in [0.15, 0.2) is 0 Å². The average Bonchev–Trinajstić information content (AvgIpc) is 3.14. The molecule has 0 saturated heterocycles. The van der Waals surface area contributed by atoms with Crippen LogP contribution in [0, 0.1) is 6.92 Å². The molecule has 1 atom stereocenters. The molecule has 0 saturated carbocycles. The Morgan fingerprint density at radius 2 is 1.68 bits per heavy atom. The summed E-state index contributed by atoms with van der Waals surface area (Å²) in [5.74, 6) is -1.71. The maximum Gasteiger partial charge on any atom is 0.407 e. The maximum absolute atomic E-state index is 12.8. The lowest BCUT2D eigenvalue weighted by Gasteiger charge is -2.19. The number of carboxylic acids is 1. The van der Waals surface area contributed by atoms with Gasteiger partial charge in [0.05, 0.1) is 0 Å².